The lowest BCUT2D eigenvalue weighted by molar-refractivity contribution is 0.0168. The monoisotopic (exact) mass is 294 g/mol. The molecule has 2 fully saturated rings. The van der Waals surface area contributed by atoms with Crippen LogP contribution in [0.2, 0.25) is 0 Å². The van der Waals surface area contributed by atoms with Gasteiger partial charge >= 0.3 is 0 Å². The molecule has 0 radical (unpaired) electrons. The van der Waals surface area contributed by atoms with E-state index in [9.17, 15) is 0 Å². The molecule has 1 saturated carbocycles. The fraction of sp³-hybridized carbons (Fsp3) is 1.00. The van der Waals surface area contributed by atoms with Crippen molar-refractivity contribution in [3.05, 3.63) is 0 Å². The van der Waals surface area contributed by atoms with E-state index in [1.54, 1.807) is 0 Å². The van der Waals surface area contributed by atoms with Gasteiger partial charge in [-0.3, -0.25) is 4.90 Å². The molecule has 1 saturated heterocycles. The van der Waals surface area contributed by atoms with Crippen LogP contribution < -0.4 is 5.32 Å². The van der Waals surface area contributed by atoms with E-state index in [0.717, 1.165) is 18.4 Å². The lowest BCUT2D eigenvalue weighted by Gasteiger charge is -2.51. The summed E-state index contributed by atoms with van der Waals surface area (Å²) in [4.78, 5) is 2.78. The van der Waals surface area contributed by atoms with E-state index in [4.69, 9.17) is 0 Å². The lowest BCUT2D eigenvalue weighted by Crippen LogP contribution is -2.62. The summed E-state index contributed by atoms with van der Waals surface area (Å²) in [5.74, 6) is 1.81. The van der Waals surface area contributed by atoms with E-state index in [1.807, 2.05) is 0 Å². The summed E-state index contributed by atoms with van der Waals surface area (Å²) in [6, 6.07) is 0.658. The minimum atomic E-state index is 0.297. The maximum absolute atomic E-state index is 3.91. The van der Waals surface area contributed by atoms with E-state index in [-0.39, 0.29) is 0 Å². The molecule has 0 bridgehead atoms. The molecule has 1 heterocycles. The zero-order chi connectivity index (χ0) is 15.3. The summed E-state index contributed by atoms with van der Waals surface area (Å²) in [5.41, 5.74) is 0.297. The van der Waals surface area contributed by atoms with Crippen molar-refractivity contribution in [3.63, 3.8) is 0 Å². The number of nitrogens with one attached hydrogen (secondary N) is 1. The number of rotatable bonds is 6. The van der Waals surface area contributed by atoms with Gasteiger partial charge in [0.2, 0.25) is 0 Å². The van der Waals surface area contributed by atoms with Crippen LogP contribution in [0.5, 0.6) is 0 Å². The Morgan fingerprint density at radius 2 is 1.67 bits per heavy atom. The van der Waals surface area contributed by atoms with Crippen molar-refractivity contribution in [2.24, 2.45) is 11.8 Å². The van der Waals surface area contributed by atoms with Gasteiger partial charge in [-0.15, -0.1) is 0 Å². The quantitative estimate of drug-likeness (QED) is 0.779. The van der Waals surface area contributed by atoms with Crippen LogP contribution in [0.25, 0.3) is 0 Å². The number of likely N-dealkylation sites (tertiary alicyclic amines) is 1. The van der Waals surface area contributed by atoms with Crippen LogP contribution in [-0.2, 0) is 0 Å². The molecule has 21 heavy (non-hydrogen) atoms. The molecule has 2 nitrogen and oxygen atoms in total. The summed E-state index contributed by atoms with van der Waals surface area (Å²) in [7, 11) is 0. The Morgan fingerprint density at radius 3 is 2.29 bits per heavy atom. The molecule has 0 amide bonds. The van der Waals surface area contributed by atoms with Crippen molar-refractivity contribution < 1.29 is 0 Å². The van der Waals surface area contributed by atoms with Gasteiger partial charge in [-0.05, 0) is 64.6 Å². The maximum atomic E-state index is 3.91. The van der Waals surface area contributed by atoms with Gasteiger partial charge in [0, 0.05) is 11.6 Å². The van der Waals surface area contributed by atoms with Crippen molar-refractivity contribution >= 4 is 0 Å². The van der Waals surface area contributed by atoms with Gasteiger partial charge < -0.3 is 5.32 Å². The molecule has 3 atom stereocenters. The summed E-state index contributed by atoms with van der Waals surface area (Å²) in [5, 5.41) is 3.91. The van der Waals surface area contributed by atoms with Crippen molar-refractivity contribution in [2.45, 2.75) is 90.6 Å². The van der Waals surface area contributed by atoms with Crippen LogP contribution in [0, 0.1) is 11.8 Å². The molecule has 1 N–H and O–H groups in total. The molecule has 0 aromatic carbocycles. The molecule has 3 unspecified atom stereocenters. The smallest absolute Gasteiger partial charge is 0.0309 e. The summed E-state index contributed by atoms with van der Waals surface area (Å²) in [6.45, 7) is 13.4. The Bertz CT molecular complexity index is 294. The highest BCUT2D eigenvalue weighted by molar-refractivity contribution is 5.00. The number of nitrogens with zero attached hydrogens (tertiary/aromatic N) is 1. The van der Waals surface area contributed by atoms with E-state index in [0.29, 0.717) is 11.6 Å². The Hall–Kier alpha value is -0.0800. The Morgan fingerprint density at radius 1 is 1.00 bits per heavy atom. The van der Waals surface area contributed by atoms with Gasteiger partial charge in [0.15, 0.2) is 0 Å². The number of piperidine rings is 1. The summed E-state index contributed by atoms with van der Waals surface area (Å²) in [6.07, 6.45) is 11.4. The van der Waals surface area contributed by atoms with E-state index >= 15 is 0 Å². The van der Waals surface area contributed by atoms with Gasteiger partial charge in [-0.25, -0.2) is 0 Å². The van der Waals surface area contributed by atoms with Gasteiger partial charge in [-0.1, -0.05) is 46.0 Å². The highest BCUT2D eigenvalue weighted by Crippen LogP contribution is 2.39. The number of hydrogen-bond donors (Lipinski definition) is 1. The van der Waals surface area contributed by atoms with Crippen LogP contribution in [0.3, 0.4) is 0 Å². The Kier molecular flexibility index (Phi) is 6.55. The van der Waals surface area contributed by atoms with Crippen LogP contribution in [0.4, 0.5) is 0 Å². The van der Waals surface area contributed by atoms with Crippen LogP contribution >= 0.6 is 0 Å². The van der Waals surface area contributed by atoms with Gasteiger partial charge in [-0.2, -0.15) is 0 Å². The maximum Gasteiger partial charge on any atom is 0.0309 e. The second-order valence-corrected chi connectivity index (χ2v) is 7.85. The highest BCUT2D eigenvalue weighted by atomic mass is 15.2. The average Bonchev–Trinajstić information content (AvgIpc) is 2.53. The molecule has 2 rings (SSSR count). The fourth-order valence-corrected chi connectivity index (χ4v) is 4.99. The summed E-state index contributed by atoms with van der Waals surface area (Å²) >= 11 is 0. The molecule has 124 valence electrons. The topological polar surface area (TPSA) is 15.3 Å². The minimum Gasteiger partial charge on any atom is -0.312 e. The first kappa shape index (κ1) is 17.3. The van der Waals surface area contributed by atoms with Crippen molar-refractivity contribution in [3.8, 4) is 0 Å². The first-order chi connectivity index (χ1) is 10.1. The molecule has 0 aromatic rings. The number of likely N-dealkylation sites (N-methyl/N-ethyl adjacent to an activating group) is 1. The average molecular weight is 295 g/mol. The highest BCUT2D eigenvalue weighted by Gasteiger charge is 2.42. The van der Waals surface area contributed by atoms with E-state index in [1.165, 1.54) is 64.5 Å². The first-order valence-electron chi connectivity index (χ1n) is 9.59. The van der Waals surface area contributed by atoms with Gasteiger partial charge in [0.1, 0.15) is 0 Å². The second-order valence-electron chi connectivity index (χ2n) is 7.85. The lowest BCUT2D eigenvalue weighted by atomic mass is 9.68. The predicted molar refractivity (Wildman–Crippen MR) is 92.7 cm³/mol. The minimum absolute atomic E-state index is 0.297. The SMILES string of the molecule is CCNC(C1CCCCC1CC)C(C)(C)N1CCCCC1. The summed E-state index contributed by atoms with van der Waals surface area (Å²) < 4.78 is 0. The van der Waals surface area contributed by atoms with Gasteiger partial charge in [0.05, 0.1) is 0 Å². The molecule has 1 aliphatic carbocycles. The standard InChI is InChI=1S/C19H38N2/c1-5-16-12-8-9-13-17(16)18(20-6-2)19(3,4)21-14-10-7-11-15-21/h16-18,20H,5-15H2,1-4H3. The first-order valence-corrected chi connectivity index (χ1v) is 9.59. The molecule has 2 aliphatic rings. The van der Waals surface area contributed by atoms with Crippen molar-refractivity contribution in [2.75, 3.05) is 19.6 Å². The zero-order valence-electron chi connectivity index (χ0n) is 15.0. The molecular weight excluding hydrogens is 256 g/mol. The molecule has 1 aliphatic heterocycles. The molecule has 2 heteroatoms. The molecule has 0 aromatic heterocycles. The van der Waals surface area contributed by atoms with Crippen molar-refractivity contribution in [1.29, 1.82) is 0 Å². The van der Waals surface area contributed by atoms with Crippen LogP contribution in [0.15, 0.2) is 0 Å². The Balaban J connectivity index is 2.14. The largest absolute Gasteiger partial charge is 0.312 e. The Labute approximate surface area is 133 Å². The predicted octanol–water partition coefficient (Wildman–Crippen LogP) is 4.45. The number of hydrogen-bond acceptors (Lipinski definition) is 2. The third-order valence-corrected chi connectivity index (χ3v) is 6.28. The second kappa shape index (κ2) is 7.97. The fourth-order valence-electron chi connectivity index (χ4n) is 4.99. The normalized spacial score (nSPS) is 30.3. The van der Waals surface area contributed by atoms with E-state index in [2.05, 4.69) is 37.9 Å². The molecular formula is C19H38N2. The third kappa shape index (κ3) is 4.01. The molecule has 0 spiro atoms. The third-order valence-electron chi connectivity index (χ3n) is 6.28. The van der Waals surface area contributed by atoms with Crippen LogP contribution in [-0.4, -0.2) is 36.1 Å². The van der Waals surface area contributed by atoms with E-state index < -0.39 is 0 Å². The van der Waals surface area contributed by atoms with Gasteiger partial charge in [0.25, 0.3) is 0 Å². The van der Waals surface area contributed by atoms with Crippen molar-refractivity contribution in [1.82, 2.24) is 10.2 Å². The van der Waals surface area contributed by atoms with Crippen LogP contribution in [0.1, 0.15) is 79.1 Å². The zero-order valence-corrected chi connectivity index (χ0v) is 15.0.